The molecule has 0 aliphatic heterocycles. The van der Waals surface area contributed by atoms with E-state index in [1.54, 1.807) is 0 Å². The molecule has 0 N–H and O–H groups in total. The average molecular weight is 432 g/mol. The van der Waals surface area contributed by atoms with E-state index in [2.05, 4.69) is 141 Å². The monoisotopic (exact) mass is 431 g/mol. The first-order chi connectivity index (χ1) is 15.8. The van der Waals surface area contributed by atoms with Crippen LogP contribution in [0.15, 0.2) is 97.1 Å². The summed E-state index contributed by atoms with van der Waals surface area (Å²) in [4.78, 5) is 0. The summed E-state index contributed by atoms with van der Waals surface area (Å²) in [6.07, 6.45) is 0. The van der Waals surface area contributed by atoms with Gasteiger partial charge in [-0.15, -0.1) is 0 Å². The molecule has 0 bridgehead atoms. The zero-order chi connectivity index (χ0) is 23.2. The van der Waals surface area contributed by atoms with Crippen molar-refractivity contribution in [3.63, 3.8) is 0 Å². The Bertz CT molecular complexity index is 1440. The molecule has 4 aromatic carbocycles. The third-order valence-corrected chi connectivity index (χ3v) is 6.57. The molecule has 1 aromatic heterocycles. The third kappa shape index (κ3) is 3.76. The highest BCUT2D eigenvalue weighted by molar-refractivity contribution is 5.84. The minimum Gasteiger partial charge on any atom is -0.225 e. The molecule has 0 saturated carbocycles. The van der Waals surface area contributed by atoms with Gasteiger partial charge in [0.05, 0.1) is 12.6 Å². The van der Waals surface area contributed by atoms with Gasteiger partial charge in [-0.1, -0.05) is 81.4 Å². The number of hydrogen-bond donors (Lipinski definition) is 0. The van der Waals surface area contributed by atoms with E-state index in [0.29, 0.717) is 0 Å². The largest absolute Gasteiger partial charge is 0.295 e. The minimum atomic E-state index is 0.0884. The number of nitrogens with zero attached hydrogens (tertiary/aromatic N) is 2. The second-order valence-corrected chi connectivity index (χ2v) is 9.90. The number of benzene rings is 4. The number of fused-ring (bicyclic) bond motifs is 1. The normalized spacial score (nSPS) is 11.8. The molecule has 0 radical (unpaired) electrons. The minimum absolute atomic E-state index is 0.0884. The number of aryl methyl sites for hydroxylation is 2. The van der Waals surface area contributed by atoms with Gasteiger partial charge in [-0.25, -0.2) is 4.57 Å². The lowest BCUT2D eigenvalue weighted by atomic mass is 9.85. The van der Waals surface area contributed by atoms with Gasteiger partial charge >= 0.3 is 0 Å². The van der Waals surface area contributed by atoms with Crippen molar-refractivity contribution < 1.29 is 4.57 Å². The van der Waals surface area contributed by atoms with E-state index in [9.17, 15) is 0 Å². The van der Waals surface area contributed by atoms with Gasteiger partial charge in [0.1, 0.15) is 5.69 Å². The Hall–Kier alpha value is -3.65. The quantitative estimate of drug-likeness (QED) is 0.263. The fourth-order valence-corrected chi connectivity index (χ4v) is 4.64. The Kier molecular flexibility index (Phi) is 5.17. The lowest BCUT2D eigenvalue weighted by molar-refractivity contribution is -0.633. The molecule has 0 fully saturated rings. The zero-order valence-corrected chi connectivity index (χ0v) is 20.1. The SMILES string of the molecule is Cc1ccc(C(C)(C)C)cc1-c1n(-c2ccccc2)c2cc(-c3ccccc3)ccc2[n+]1C. The number of aromatic nitrogens is 2. The number of imidazole rings is 1. The van der Waals surface area contributed by atoms with Crippen LogP contribution in [0.25, 0.3) is 39.2 Å². The predicted molar refractivity (Wildman–Crippen MR) is 139 cm³/mol. The van der Waals surface area contributed by atoms with Crippen LogP contribution in [-0.2, 0) is 12.5 Å². The third-order valence-electron chi connectivity index (χ3n) is 6.57. The summed E-state index contributed by atoms with van der Waals surface area (Å²) >= 11 is 0. The van der Waals surface area contributed by atoms with E-state index in [0.717, 1.165) is 0 Å². The first-order valence-electron chi connectivity index (χ1n) is 11.6. The molecule has 33 heavy (non-hydrogen) atoms. The van der Waals surface area contributed by atoms with Gasteiger partial charge in [-0.2, -0.15) is 4.57 Å². The van der Waals surface area contributed by atoms with Crippen molar-refractivity contribution in [1.29, 1.82) is 0 Å². The van der Waals surface area contributed by atoms with Crippen LogP contribution in [-0.4, -0.2) is 4.57 Å². The average Bonchev–Trinajstić information content (AvgIpc) is 3.11. The number of rotatable bonds is 3. The van der Waals surface area contributed by atoms with Crippen LogP contribution in [0.5, 0.6) is 0 Å². The van der Waals surface area contributed by atoms with Gasteiger partial charge in [-0.3, -0.25) is 0 Å². The van der Waals surface area contributed by atoms with Crippen LogP contribution < -0.4 is 4.57 Å². The smallest absolute Gasteiger partial charge is 0.225 e. The van der Waals surface area contributed by atoms with Gasteiger partial charge in [0.15, 0.2) is 11.0 Å². The first-order valence-corrected chi connectivity index (χ1v) is 11.6. The summed E-state index contributed by atoms with van der Waals surface area (Å²) in [5.41, 5.74) is 10.0. The van der Waals surface area contributed by atoms with Crippen molar-refractivity contribution in [3.8, 4) is 28.2 Å². The van der Waals surface area contributed by atoms with Gasteiger partial charge in [0.25, 0.3) is 5.82 Å². The molecular formula is C31H31N2+. The summed E-state index contributed by atoms with van der Waals surface area (Å²) < 4.78 is 4.75. The summed E-state index contributed by atoms with van der Waals surface area (Å²) in [6.45, 7) is 9.05. The Balaban J connectivity index is 1.86. The molecule has 164 valence electrons. The van der Waals surface area contributed by atoms with Crippen molar-refractivity contribution in [2.75, 3.05) is 0 Å². The van der Waals surface area contributed by atoms with Gasteiger partial charge in [0.2, 0.25) is 0 Å². The molecule has 0 amide bonds. The zero-order valence-electron chi connectivity index (χ0n) is 20.1. The molecule has 0 saturated heterocycles. The van der Waals surface area contributed by atoms with Crippen molar-refractivity contribution in [2.45, 2.75) is 33.1 Å². The summed E-state index contributed by atoms with van der Waals surface area (Å²) in [5.74, 6) is 1.20. The molecule has 2 heteroatoms. The van der Waals surface area contributed by atoms with Crippen LogP contribution in [0.4, 0.5) is 0 Å². The first kappa shape index (κ1) is 21.2. The van der Waals surface area contributed by atoms with Gasteiger partial charge in [0, 0.05) is 0 Å². The number of para-hydroxylation sites is 1. The maximum absolute atomic E-state index is 2.41. The maximum atomic E-state index is 2.41. The van der Waals surface area contributed by atoms with Crippen molar-refractivity contribution >= 4 is 11.0 Å². The topological polar surface area (TPSA) is 8.81 Å². The van der Waals surface area contributed by atoms with Crippen molar-refractivity contribution in [1.82, 2.24) is 4.57 Å². The standard InChI is InChI=1S/C31H31N2/c1-22-16-18-25(31(2,3)4)21-27(22)30-32(5)28-19-17-24(23-12-8-6-9-13-23)20-29(28)33(30)26-14-10-7-11-15-26/h6-21H,1-5H3/q+1. The lowest BCUT2D eigenvalue weighted by Gasteiger charge is -2.20. The van der Waals surface area contributed by atoms with Crippen LogP contribution in [0.1, 0.15) is 31.9 Å². The van der Waals surface area contributed by atoms with E-state index in [1.165, 1.54) is 50.4 Å². The second kappa shape index (κ2) is 8.04. The van der Waals surface area contributed by atoms with E-state index in [4.69, 9.17) is 0 Å². The molecule has 0 unspecified atom stereocenters. The molecule has 1 heterocycles. The molecular weight excluding hydrogens is 400 g/mol. The fraction of sp³-hybridized carbons (Fsp3) is 0.194. The summed E-state index contributed by atoms with van der Waals surface area (Å²) in [5, 5.41) is 0. The van der Waals surface area contributed by atoms with E-state index in [-0.39, 0.29) is 5.41 Å². The van der Waals surface area contributed by atoms with Gasteiger partial charge < -0.3 is 0 Å². The lowest BCUT2D eigenvalue weighted by Crippen LogP contribution is -2.30. The molecule has 2 nitrogen and oxygen atoms in total. The fourth-order valence-electron chi connectivity index (χ4n) is 4.64. The van der Waals surface area contributed by atoms with Gasteiger partial charge in [-0.05, 0) is 71.0 Å². The highest BCUT2D eigenvalue weighted by Crippen LogP contribution is 2.34. The molecule has 0 spiro atoms. The highest BCUT2D eigenvalue weighted by atomic mass is 15.2. The summed E-state index contributed by atoms with van der Waals surface area (Å²) in [6, 6.07) is 35.0. The Morgan fingerprint density at radius 3 is 2.03 bits per heavy atom. The summed E-state index contributed by atoms with van der Waals surface area (Å²) in [7, 11) is 2.18. The van der Waals surface area contributed by atoms with E-state index < -0.39 is 0 Å². The van der Waals surface area contributed by atoms with Crippen LogP contribution in [0.2, 0.25) is 0 Å². The Labute approximate surface area is 196 Å². The van der Waals surface area contributed by atoms with Crippen LogP contribution in [0.3, 0.4) is 0 Å². The molecule has 0 aliphatic rings. The van der Waals surface area contributed by atoms with E-state index in [1.807, 2.05) is 0 Å². The Morgan fingerprint density at radius 2 is 1.36 bits per heavy atom. The highest BCUT2D eigenvalue weighted by Gasteiger charge is 2.28. The van der Waals surface area contributed by atoms with Crippen molar-refractivity contribution in [3.05, 3.63) is 108 Å². The molecule has 0 atom stereocenters. The van der Waals surface area contributed by atoms with Crippen LogP contribution >= 0.6 is 0 Å². The number of hydrogen-bond acceptors (Lipinski definition) is 0. The molecule has 5 rings (SSSR count). The Morgan fingerprint density at radius 1 is 0.697 bits per heavy atom. The molecule has 0 aliphatic carbocycles. The van der Waals surface area contributed by atoms with E-state index >= 15 is 0 Å². The maximum Gasteiger partial charge on any atom is 0.295 e. The van der Waals surface area contributed by atoms with Crippen molar-refractivity contribution in [2.24, 2.45) is 7.05 Å². The predicted octanol–water partition coefficient (Wildman–Crippen LogP) is 7.39. The van der Waals surface area contributed by atoms with Crippen LogP contribution in [0, 0.1) is 6.92 Å². The molecule has 5 aromatic rings. The second-order valence-electron chi connectivity index (χ2n) is 9.90.